The van der Waals surface area contributed by atoms with Crippen LogP contribution in [-0.4, -0.2) is 25.5 Å². The number of anilines is 1. The number of nitrogens with zero attached hydrogens (tertiary/aromatic N) is 2. The van der Waals surface area contributed by atoms with Gasteiger partial charge in [-0.2, -0.15) is 13.1 Å². The first-order chi connectivity index (χ1) is 16.3. The van der Waals surface area contributed by atoms with E-state index >= 15 is 0 Å². The summed E-state index contributed by atoms with van der Waals surface area (Å²) >= 11 is 6.59. The minimum Gasteiger partial charge on any atom is -0.497 e. The molecule has 0 saturated heterocycles. The van der Waals surface area contributed by atoms with Crippen LogP contribution in [0.4, 0.5) is 5.82 Å². The molecule has 0 atom stereocenters. The summed E-state index contributed by atoms with van der Waals surface area (Å²) in [5.41, 5.74) is 3.63. The Hall–Kier alpha value is -3.46. The highest BCUT2D eigenvalue weighted by atomic mass is 35.5. The Kier molecular flexibility index (Phi) is 7.12. The van der Waals surface area contributed by atoms with Crippen molar-refractivity contribution in [3.8, 4) is 28.3 Å². The SMILES string of the molecule is COc1ccc(-c2nc(Cl)c(-c3ccc(C)cc3)c(NS(=O)(=O)NCc3ccccc3)n2)cc1. The molecule has 0 amide bonds. The third kappa shape index (κ3) is 5.72. The maximum Gasteiger partial charge on any atom is 0.300 e. The van der Waals surface area contributed by atoms with E-state index in [4.69, 9.17) is 16.3 Å². The van der Waals surface area contributed by atoms with Gasteiger partial charge in [-0.1, -0.05) is 71.8 Å². The first kappa shape index (κ1) is 23.7. The lowest BCUT2D eigenvalue weighted by atomic mass is 10.1. The van der Waals surface area contributed by atoms with Crippen molar-refractivity contribution >= 4 is 27.6 Å². The second-order valence-electron chi connectivity index (χ2n) is 7.57. The molecule has 0 bridgehead atoms. The highest BCUT2D eigenvalue weighted by Gasteiger charge is 2.20. The molecule has 174 valence electrons. The van der Waals surface area contributed by atoms with Crippen LogP contribution in [-0.2, 0) is 16.8 Å². The van der Waals surface area contributed by atoms with E-state index in [9.17, 15) is 8.42 Å². The largest absolute Gasteiger partial charge is 0.497 e. The maximum atomic E-state index is 12.9. The van der Waals surface area contributed by atoms with E-state index in [2.05, 4.69) is 19.4 Å². The standard InChI is InChI=1S/C25H23ClN4O3S/c1-17-8-10-19(11-9-17)22-23(26)28-24(20-12-14-21(33-2)15-13-20)29-25(22)30-34(31,32)27-16-18-6-4-3-5-7-18/h3-15,27H,16H2,1-2H3,(H,28,29,30). The Bertz CT molecular complexity index is 1380. The maximum absolute atomic E-state index is 12.9. The molecule has 4 aromatic rings. The predicted molar refractivity (Wildman–Crippen MR) is 135 cm³/mol. The zero-order valence-corrected chi connectivity index (χ0v) is 20.2. The van der Waals surface area contributed by atoms with Crippen LogP contribution in [0.15, 0.2) is 78.9 Å². The molecule has 1 heterocycles. The summed E-state index contributed by atoms with van der Waals surface area (Å²) in [7, 11) is -2.39. The molecule has 0 aliphatic rings. The summed E-state index contributed by atoms with van der Waals surface area (Å²) in [5, 5.41) is 0.130. The van der Waals surface area contributed by atoms with Gasteiger partial charge in [-0.3, -0.25) is 4.72 Å². The van der Waals surface area contributed by atoms with Gasteiger partial charge in [0.25, 0.3) is 0 Å². The van der Waals surface area contributed by atoms with Gasteiger partial charge in [0, 0.05) is 12.1 Å². The van der Waals surface area contributed by atoms with Crippen LogP contribution in [0.2, 0.25) is 5.15 Å². The van der Waals surface area contributed by atoms with Crippen molar-refractivity contribution in [1.29, 1.82) is 0 Å². The van der Waals surface area contributed by atoms with Crippen molar-refractivity contribution in [3.05, 3.63) is 95.1 Å². The number of methoxy groups -OCH3 is 1. The number of rotatable bonds is 8. The lowest BCUT2D eigenvalue weighted by Gasteiger charge is -2.15. The summed E-state index contributed by atoms with van der Waals surface area (Å²) in [5.74, 6) is 1.04. The van der Waals surface area contributed by atoms with E-state index in [1.165, 1.54) is 0 Å². The molecular formula is C25H23ClN4O3S. The van der Waals surface area contributed by atoms with E-state index in [1.54, 1.807) is 31.4 Å². The molecule has 9 heteroatoms. The van der Waals surface area contributed by atoms with E-state index in [0.717, 1.165) is 11.1 Å². The molecule has 0 unspecified atom stereocenters. The van der Waals surface area contributed by atoms with Crippen LogP contribution in [0.25, 0.3) is 22.5 Å². The third-order valence-electron chi connectivity index (χ3n) is 5.09. The third-order valence-corrected chi connectivity index (χ3v) is 6.35. The molecule has 34 heavy (non-hydrogen) atoms. The van der Waals surface area contributed by atoms with Crippen molar-refractivity contribution in [1.82, 2.24) is 14.7 Å². The fourth-order valence-corrected chi connectivity index (χ4v) is 4.40. The van der Waals surface area contributed by atoms with Crippen molar-refractivity contribution in [2.45, 2.75) is 13.5 Å². The van der Waals surface area contributed by atoms with Crippen LogP contribution in [0.3, 0.4) is 0 Å². The number of nitrogens with one attached hydrogen (secondary N) is 2. The molecule has 4 rings (SSSR count). The number of ether oxygens (including phenoxy) is 1. The molecule has 0 spiro atoms. The lowest BCUT2D eigenvalue weighted by Crippen LogP contribution is -2.30. The Labute approximate surface area is 204 Å². The number of aryl methyl sites for hydroxylation is 1. The van der Waals surface area contributed by atoms with Gasteiger partial charge < -0.3 is 4.74 Å². The van der Waals surface area contributed by atoms with Crippen LogP contribution >= 0.6 is 11.6 Å². The second-order valence-corrected chi connectivity index (χ2v) is 9.43. The zero-order chi connectivity index (χ0) is 24.1. The van der Waals surface area contributed by atoms with Gasteiger partial charge >= 0.3 is 10.2 Å². The first-order valence-electron chi connectivity index (χ1n) is 10.4. The molecule has 0 aliphatic carbocycles. The van der Waals surface area contributed by atoms with Crippen LogP contribution in [0.1, 0.15) is 11.1 Å². The summed E-state index contributed by atoms with van der Waals surface area (Å²) in [4.78, 5) is 8.97. The first-order valence-corrected chi connectivity index (χ1v) is 12.3. The fraction of sp³-hybridized carbons (Fsp3) is 0.120. The monoisotopic (exact) mass is 494 g/mol. The predicted octanol–water partition coefficient (Wildman–Crippen LogP) is 5.23. The molecular weight excluding hydrogens is 472 g/mol. The molecule has 3 aromatic carbocycles. The van der Waals surface area contributed by atoms with E-state index < -0.39 is 10.2 Å². The average Bonchev–Trinajstić information content (AvgIpc) is 2.84. The Morgan fingerprint density at radius 2 is 1.53 bits per heavy atom. The second kappa shape index (κ2) is 10.2. The summed E-state index contributed by atoms with van der Waals surface area (Å²) in [6.45, 7) is 2.09. The van der Waals surface area contributed by atoms with E-state index in [-0.39, 0.29) is 23.3 Å². The minimum absolute atomic E-state index is 0.0789. The van der Waals surface area contributed by atoms with Crippen molar-refractivity contribution in [3.63, 3.8) is 0 Å². The Balaban J connectivity index is 1.73. The fourth-order valence-electron chi connectivity index (χ4n) is 3.29. The molecule has 1 aromatic heterocycles. The van der Waals surface area contributed by atoms with E-state index in [0.29, 0.717) is 22.4 Å². The minimum atomic E-state index is -3.97. The van der Waals surface area contributed by atoms with Crippen molar-refractivity contribution in [2.24, 2.45) is 0 Å². The molecule has 7 nitrogen and oxygen atoms in total. The average molecular weight is 495 g/mol. The summed E-state index contributed by atoms with van der Waals surface area (Å²) in [6.07, 6.45) is 0. The van der Waals surface area contributed by atoms with Gasteiger partial charge in [0.2, 0.25) is 0 Å². The van der Waals surface area contributed by atoms with Gasteiger partial charge in [0.05, 0.1) is 12.7 Å². The molecule has 2 N–H and O–H groups in total. The quantitative estimate of drug-likeness (QED) is 0.327. The van der Waals surface area contributed by atoms with E-state index in [1.807, 2.05) is 61.5 Å². The highest BCUT2D eigenvalue weighted by Crippen LogP contribution is 2.35. The number of hydrogen-bond acceptors (Lipinski definition) is 5. The van der Waals surface area contributed by atoms with Crippen LogP contribution in [0.5, 0.6) is 5.75 Å². The van der Waals surface area contributed by atoms with Gasteiger partial charge in [-0.15, -0.1) is 0 Å². The molecule has 0 saturated carbocycles. The summed E-state index contributed by atoms with van der Waals surface area (Å²) < 4.78 is 36.1. The normalized spacial score (nSPS) is 11.3. The smallest absolute Gasteiger partial charge is 0.300 e. The molecule has 0 aliphatic heterocycles. The Morgan fingerprint density at radius 3 is 2.18 bits per heavy atom. The highest BCUT2D eigenvalue weighted by molar-refractivity contribution is 7.90. The van der Waals surface area contributed by atoms with Gasteiger partial charge in [-0.05, 0) is 42.3 Å². The van der Waals surface area contributed by atoms with Gasteiger partial charge in [0.15, 0.2) is 11.6 Å². The summed E-state index contributed by atoms with van der Waals surface area (Å²) in [6, 6.07) is 23.9. The number of hydrogen-bond donors (Lipinski definition) is 2. The number of halogens is 1. The van der Waals surface area contributed by atoms with Crippen LogP contribution < -0.4 is 14.2 Å². The van der Waals surface area contributed by atoms with Crippen LogP contribution in [0, 0.1) is 6.92 Å². The molecule has 0 fully saturated rings. The van der Waals surface area contributed by atoms with Crippen molar-refractivity contribution in [2.75, 3.05) is 11.8 Å². The van der Waals surface area contributed by atoms with Crippen molar-refractivity contribution < 1.29 is 13.2 Å². The topological polar surface area (TPSA) is 93.2 Å². The van der Waals surface area contributed by atoms with Gasteiger partial charge in [0.1, 0.15) is 10.9 Å². The number of benzene rings is 3. The molecule has 0 radical (unpaired) electrons. The zero-order valence-electron chi connectivity index (χ0n) is 18.6. The van der Waals surface area contributed by atoms with Gasteiger partial charge in [-0.25, -0.2) is 9.97 Å². The number of aromatic nitrogens is 2. The lowest BCUT2D eigenvalue weighted by molar-refractivity contribution is 0.415. The Morgan fingerprint density at radius 1 is 0.882 bits per heavy atom.